The Labute approximate surface area is 68.0 Å². The molecule has 0 amide bonds. The van der Waals surface area contributed by atoms with E-state index < -0.39 is 0 Å². The highest BCUT2D eigenvalue weighted by molar-refractivity contribution is 9.08. The van der Waals surface area contributed by atoms with E-state index in [0.29, 0.717) is 0 Å². The molecule has 1 rings (SSSR count). The number of alkyl halides is 1. The van der Waals surface area contributed by atoms with Gasteiger partial charge in [-0.3, -0.25) is 0 Å². The SMILES string of the molecule is Cl[14c]1[14cH][14cH][14cH][14cH][14c]1CBr. The van der Waals surface area contributed by atoms with Crippen LogP contribution in [0.1, 0.15) is 5.56 Å². The highest BCUT2D eigenvalue weighted by Gasteiger charge is 1.92. The quantitative estimate of drug-likeness (QED) is 0.634. The molecule has 0 aliphatic rings. The van der Waals surface area contributed by atoms with Crippen molar-refractivity contribution in [2.45, 2.75) is 5.33 Å². The summed E-state index contributed by atoms with van der Waals surface area (Å²) in [5.41, 5.74) is 1.14. The lowest BCUT2D eigenvalue weighted by atomic mass is 11.5. The van der Waals surface area contributed by atoms with E-state index in [1.807, 2.05) is 24.3 Å². The average Bonchev–Trinajstić information content (AvgIpc) is 1.89. The van der Waals surface area contributed by atoms with Crippen LogP contribution < -0.4 is 0 Å². The molecule has 0 heterocycles. The number of halogens is 2. The standard InChI is InChI=1S/C7H6BrCl/c8-5-6-3-1-2-4-7(6)9/h1-4H,5H2/i1+2,2+2,3+2,4+2,6+2,7+2. The van der Waals surface area contributed by atoms with Gasteiger partial charge in [0.2, 0.25) is 0 Å². The van der Waals surface area contributed by atoms with Crippen LogP contribution in [0.4, 0.5) is 0 Å². The maximum Gasteiger partial charge on any atom is 0.0446 e. The van der Waals surface area contributed by atoms with Crippen molar-refractivity contribution in [3.63, 3.8) is 0 Å². The first kappa shape index (κ1) is 7.10. The molecule has 0 saturated carbocycles. The molecule has 0 radical (unpaired) electrons. The maximum absolute atomic E-state index is 5.79. The summed E-state index contributed by atoms with van der Waals surface area (Å²) < 4.78 is 0. The second kappa shape index (κ2) is 3.23. The van der Waals surface area contributed by atoms with Gasteiger partial charge in [-0.2, -0.15) is 0 Å². The molecule has 1 aromatic rings. The molecule has 48 valence electrons. The minimum absolute atomic E-state index is 0.826. The van der Waals surface area contributed by atoms with Crippen molar-refractivity contribution in [2.75, 3.05) is 0 Å². The Hall–Kier alpha value is -0.0100. The molecule has 2 heteroatoms. The fraction of sp³-hybridized carbons (Fsp3) is 0.143. The predicted molar refractivity (Wildman–Crippen MR) is 44.1 cm³/mol. The second-order valence-corrected chi connectivity index (χ2v) is 2.69. The summed E-state index contributed by atoms with van der Waals surface area (Å²) in [4.78, 5) is 0. The van der Waals surface area contributed by atoms with Gasteiger partial charge in [0.1, 0.15) is 0 Å². The van der Waals surface area contributed by atoms with Crippen LogP contribution in [-0.4, -0.2) is 0 Å². The predicted octanol–water partition coefficient (Wildman–Crippen LogP) is 3.23. The van der Waals surface area contributed by atoms with Crippen LogP contribution in [0, 0.1) is 0 Å². The van der Waals surface area contributed by atoms with E-state index in [-0.39, 0.29) is 0 Å². The molecule has 1 aromatic carbocycles. The first-order valence-corrected chi connectivity index (χ1v) is 4.14. The Morgan fingerprint density at radius 3 is 2.44 bits per heavy atom. The smallest absolute Gasteiger partial charge is 0.0446 e. The molecule has 0 saturated heterocycles. The van der Waals surface area contributed by atoms with E-state index in [1.165, 1.54) is 0 Å². The van der Waals surface area contributed by atoms with Gasteiger partial charge in [0.15, 0.2) is 0 Å². The van der Waals surface area contributed by atoms with Crippen LogP contribution in [-0.2, 0) is 5.33 Å². The van der Waals surface area contributed by atoms with Crippen LogP contribution in [0.3, 0.4) is 0 Å². The van der Waals surface area contributed by atoms with Crippen molar-refractivity contribution in [2.24, 2.45) is 0 Å². The van der Waals surface area contributed by atoms with Gasteiger partial charge in [0, 0.05) is 10.4 Å². The van der Waals surface area contributed by atoms with Gasteiger partial charge in [-0.05, 0) is 11.6 Å². The molecule has 0 nitrogen and oxygen atoms in total. The number of benzene rings is 1. The highest BCUT2D eigenvalue weighted by Crippen LogP contribution is 2.16. The van der Waals surface area contributed by atoms with Crippen LogP contribution in [0.2, 0.25) is 5.02 Å². The van der Waals surface area contributed by atoms with E-state index in [9.17, 15) is 0 Å². The lowest BCUT2D eigenvalue weighted by Gasteiger charge is -1.95. The minimum atomic E-state index is 0.826. The Morgan fingerprint density at radius 2 is 2.00 bits per heavy atom. The lowest BCUT2D eigenvalue weighted by molar-refractivity contribution is 1.44. The number of rotatable bonds is 1. The van der Waals surface area contributed by atoms with E-state index in [0.717, 1.165) is 15.9 Å². The van der Waals surface area contributed by atoms with Crippen molar-refractivity contribution in [1.29, 1.82) is 0 Å². The van der Waals surface area contributed by atoms with Crippen molar-refractivity contribution < 1.29 is 0 Å². The molecule has 0 spiro atoms. The van der Waals surface area contributed by atoms with Crippen LogP contribution in [0.5, 0.6) is 0 Å². The maximum atomic E-state index is 5.79. The van der Waals surface area contributed by atoms with Gasteiger partial charge in [0.05, 0.1) is 0 Å². The molecule has 0 N–H and O–H groups in total. The lowest BCUT2D eigenvalue weighted by Crippen LogP contribution is -1.75. The van der Waals surface area contributed by atoms with Gasteiger partial charge < -0.3 is 0 Å². The fourth-order valence-corrected chi connectivity index (χ4v) is 1.46. The third kappa shape index (κ3) is 1.70. The molecule has 0 aliphatic carbocycles. The molecular formula is C7H6BrCl. The summed E-state index contributed by atoms with van der Waals surface area (Å²) in [7, 11) is 0. The molecule has 9 heavy (non-hydrogen) atoms. The fourth-order valence-electron chi connectivity index (χ4n) is 0.607. The molecule has 0 fully saturated rings. The monoisotopic (exact) mass is 216 g/mol. The first-order valence-electron chi connectivity index (χ1n) is 2.64. The van der Waals surface area contributed by atoms with Crippen LogP contribution in [0.25, 0.3) is 0 Å². The van der Waals surface area contributed by atoms with Crippen LogP contribution >= 0.6 is 27.5 Å². The summed E-state index contributed by atoms with van der Waals surface area (Å²) in [6.45, 7) is 0. The van der Waals surface area contributed by atoms with Gasteiger partial charge in [-0.25, -0.2) is 0 Å². The normalized spacial score (nSPS) is 9.56. The van der Waals surface area contributed by atoms with Crippen molar-refractivity contribution >= 4 is 27.5 Å². The van der Waals surface area contributed by atoms with Gasteiger partial charge >= 0.3 is 0 Å². The summed E-state index contributed by atoms with van der Waals surface area (Å²) >= 11 is 9.12. The highest BCUT2D eigenvalue weighted by atomic mass is 79.9. The third-order valence-electron chi connectivity index (χ3n) is 1.10. The zero-order valence-electron chi connectivity index (χ0n) is 4.77. The Kier molecular flexibility index (Phi) is 2.55. The first-order chi connectivity index (χ1) is 4.34. The molecule has 0 aromatic heterocycles. The zero-order valence-corrected chi connectivity index (χ0v) is 7.11. The molecule has 0 atom stereocenters. The second-order valence-electron chi connectivity index (χ2n) is 1.73. The van der Waals surface area contributed by atoms with E-state index >= 15 is 0 Å². The Morgan fingerprint density at radius 1 is 1.33 bits per heavy atom. The summed E-state index contributed by atoms with van der Waals surface area (Å²) in [6, 6.07) is 7.78. The molecular weight excluding hydrogens is 211 g/mol. The number of hydrogen-bond donors (Lipinski definition) is 0. The van der Waals surface area contributed by atoms with E-state index in [2.05, 4.69) is 15.9 Å². The van der Waals surface area contributed by atoms with Gasteiger partial charge in [0.25, 0.3) is 0 Å². The average molecular weight is 217 g/mol. The minimum Gasteiger partial charge on any atom is -0.0876 e. The summed E-state index contributed by atoms with van der Waals surface area (Å²) in [6.07, 6.45) is 0. The Balaban J connectivity index is 3.01. The van der Waals surface area contributed by atoms with Crippen molar-refractivity contribution in [3.8, 4) is 0 Å². The van der Waals surface area contributed by atoms with Gasteiger partial charge in [-0.1, -0.05) is 45.7 Å². The topological polar surface area (TPSA) is 0 Å². The van der Waals surface area contributed by atoms with E-state index in [4.69, 9.17) is 11.6 Å². The van der Waals surface area contributed by atoms with E-state index in [1.54, 1.807) is 0 Å². The number of hydrogen-bond acceptors (Lipinski definition) is 0. The van der Waals surface area contributed by atoms with Crippen molar-refractivity contribution in [1.82, 2.24) is 0 Å². The van der Waals surface area contributed by atoms with Gasteiger partial charge in [-0.15, -0.1) is 0 Å². The summed E-state index contributed by atoms with van der Waals surface area (Å²) in [5.74, 6) is 0. The zero-order chi connectivity index (χ0) is 6.69. The van der Waals surface area contributed by atoms with Crippen LogP contribution in [0.15, 0.2) is 24.3 Å². The van der Waals surface area contributed by atoms with Crippen molar-refractivity contribution in [3.05, 3.63) is 34.9 Å². The molecule has 0 unspecified atom stereocenters. The molecule has 0 aliphatic heterocycles. The third-order valence-corrected chi connectivity index (χ3v) is 2.07. The molecule has 0 bridgehead atoms. The summed E-state index contributed by atoms with van der Waals surface area (Å²) in [5, 5.41) is 1.65. The largest absolute Gasteiger partial charge is 0.0876 e. The Bertz CT molecular complexity index is 198.